The van der Waals surface area contributed by atoms with Gasteiger partial charge in [0, 0.05) is 14.7 Å². The zero-order valence-corrected chi connectivity index (χ0v) is 13.0. The molecule has 4 heteroatoms. The summed E-state index contributed by atoms with van der Waals surface area (Å²) in [6.45, 7) is 7.01. The van der Waals surface area contributed by atoms with E-state index >= 15 is 0 Å². The highest BCUT2D eigenvalue weighted by atomic mass is 127. The first-order valence-corrected chi connectivity index (χ1v) is 6.97. The topological polar surface area (TPSA) is 38.1 Å². The average molecular weight is 356 g/mol. The Morgan fingerprint density at radius 3 is 2.50 bits per heavy atom. The van der Waals surface area contributed by atoms with Crippen LogP contribution in [-0.4, -0.2) is 10.5 Å². The van der Waals surface area contributed by atoms with Crippen LogP contribution in [0.15, 0.2) is 34.9 Å². The van der Waals surface area contributed by atoms with Crippen molar-refractivity contribution in [3.8, 4) is 11.3 Å². The number of rotatable bonds is 3. The van der Waals surface area contributed by atoms with Crippen LogP contribution in [0, 0.1) is 3.57 Å². The maximum Gasteiger partial charge on any atom is 0.208 e. The highest BCUT2D eigenvalue weighted by Crippen LogP contribution is 2.21. The van der Waals surface area contributed by atoms with Crippen LogP contribution in [0.3, 0.4) is 0 Å². The Kier molecular flexibility index (Phi) is 4.07. The molecule has 0 atom stereocenters. The molecule has 2 aromatic rings. The molecule has 2 rings (SSSR count). The van der Waals surface area contributed by atoms with E-state index < -0.39 is 0 Å². The van der Waals surface area contributed by atoms with Crippen LogP contribution in [0.4, 0.5) is 0 Å². The molecule has 0 aliphatic heterocycles. The quantitative estimate of drug-likeness (QED) is 0.850. The molecule has 18 heavy (non-hydrogen) atoms. The van der Waals surface area contributed by atoms with Crippen LogP contribution >= 0.6 is 22.6 Å². The molecule has 0 spiro atoms. The van der Waals surface area contributed by atoms with Gasteiger partial charge in [0.25, 0.3) is 0 Å². The average Bonchev–Trinajstić information content (AvgIpc) is 2.75. The lowest BCUT2D eigenvalue weighted by molar-refractivity contribution is 0.383. The second kappa shape index (κ2) is 5.40. The molecule has 0 aliphatic carbocycles. The van der Waals surface area contributed by atoms with Crippen molar-refractivity contribution in [3.63, 3.8) is 0 Å². The normalized spacial score (nSPS) is 11.8. The zero-order chi connectivity index (χ0) is 13.2. The summed E-state index contributed by atoms with van der Waals surface area (Å²) < 4.78 is 6.94. The minimum atomic E-state index is 0.0670. The summed E-state index contributed by atoms with van der Waals surface area (Å²) in [5, 5.41) is 3.35. The monoisotopic (exact) mass is 356 g/mol. The molecule has 1 heterocycles. The summed E-state index contributed by atoms with van der Waals surface area (Å²) in [5.41, 5.74) is 1.13. The van der Waals surface area contributed by atoms with E-state index in [4.69, 9.17) is 4.42 Å². The molecule has 3 nitrogen and oxygen atoms in total. The van der Waals surface area contributed by atoms with Crippen molar-refractivity contribution < 1.29 is 4.42 Å². The summed E-state index contributed by atoms with van der Waals surface area (Å²) in [7, 11) is 0. The first kappa shape index (κ1) is 13.5. The van der Waals surface area contributed by atoms with E-state index in [0.29, 0.717) is 6.54 Å². The van der Waals surface area contributed by atoms with Gasteiger partial charge in [-0.15, -0.1) is 0 Å². The minimum Gasteiger partial charge on any atom is -0.439 e. The van der Waals surface area contributed by atoms with Gasteiger partial charge in [-0.05, 0) is 55.5 Å². The molecular weight excluding hydrogens is 339 g/mol. The molecule has 0 aliphatic rings. The lowest BCUT2D eigenvalue weighted by atomic mass is 10.1. The van der Waals surface area contributed by atoms with Crippen LogP contribution in [0.5, 0.6) is 0 Å². The maximum absolute atomic E-state index is 5.73. The van der Waals surface area contributed by atoms with Crippen LogP contribution in [0.1, 0.15) is 26.7 Å². The molecule has 96 valence electrons. The molecule has 0 amide bonds. The Labute approximate surface area is 121 Å². The van der Waals surface area contributed by atoms with Gasteiger partial charge in [0.15, 0.2) is 5.76 Å². The second-order valence-corrected chi connectivity index (χ2v) is 6.47. The summed E-state index contributed by atoms with van der Waals surface area (Å²) in [5.74, 6) is 1.54. The number of halogens is 1. The number of nitrogens with one attached hydrogen (secondary N) is 1. The van der Waals surface area contributed by atoms with Gasteiger partial charge < -0.3 is 9.73 Å². The van der Waals surface area contributed by atoms with Crippen LogP contribution in [0.2, 0.25) is 0 Å². The summed E-state index contributed by atoms with van der Waals surface area (Å²) in [6, 6.07) is 8.21. The third-order valence-electron chi connectivity index (χ3n) is 2.45. The lowest BCUT2D eigenvalue weighted by Gasteiger charge is -2.18. The zero-order valence-electron chi connectivity index (χ0n) is 10.8. The second-order valence-electron chi connectivity index (χ2n) is 5.23. The van der Waals surface area contributed by atoms with Gasteiger partial charge in [-0.2, -0.15) is 0 Å². The van der Waals surface area contributed by atoms with Gasteiger partial charge in [-0.25, -0.2) is 4.98 Å². The largest absolute Gasteiger partial charge is 0.439 e. The van der Waals surface area contributed by atoms with Crippen molar-refractivity contribution in [1.82, 2.24) is 10.3 Å². The third kappa shape index (κ3) is 3.81. The number of hydrogen-bond donors (Lipinski definition) is 1. The fourth-order valence-corrected chi connectivity index (χ4v) is 1.84. The first-order chi connectivity index (χ1) is 8.44. The fourth-order valence-electron chi connectivity index (χ4n) is 1.48. The van der Waals surface area contributed by atoms with Crippen molar-refractivity contribution in [2.24, 2.45) is 0 Å². The summed E-state index contributed by atoms with van der Waals surface area (Å²) in [4.78, 5) is 4.29. The first-order valence-electron chi connectivity index (χ1n) is 5.90. The number of aromatic nitrogens is 1. The fraction of sp³-hybridized carbons (Fsp3) is 0.357. The highest BCUT2D eigenvalue weighted by molar-refractivity contribution is 14.1. The van der Waals surface area contributed by atoms with E-state index in [1.165, 1.54) is 3.57 Å². The van der Waals surface area contributed by atoms with Crippen molar-refractivity contribution in [2.45, 2.75) is 32.9 Å². The van der Waals surface area contributed by atoms with Gasteiger partial charge >= 0.3 is 0 Å². The minimum absolute atomic E-state index is 0.0670. The van der Waals surface area contributed by atoms with E-state index in [0.717, 1.165) is 17.2 Å². The lowest BCUT2D eigenvalue weighted by Crippen LogP contribution is -2.35. The predicted molar refractivity (Wildman–Crippen MR) is 81.2 cm³/mol. The van der Waals surface area contributed by atoms with Crippen LogP contribution in [0.25, 0.3) is 11.3 Å². The SMILES string of the molecule is CC(C)(C)NCc1ncc(-c2ccc(I)cc2)o1. The molecule has 0 unspecified atom stereocenters. The number of nitrogens with zero attached hydrogens (tertiary/aromatic N) is 1. The van der Waals surface area contributed by atoms with Gasteiger partial charge in [0.05, 0.1) is 12.7 Å². The molecule has 0 bridgehead atoms. The van der Waals surface area contributed by atoms with Crippen molar-refractivity contribution in [2.75, 3.05) is 0 Å². The van der Waals surface area contributed by atoms with Gasteiger partial charge in [0.2, 0.25) is 5.89 Å². The summed E-state index contributed by atoms with van der Waals surface area (Å²) >= 11 is 2.29. The molecule has 1 aromatic carbocycles. The highest BCUT2D eigenvalue weighted by Gasteiger charge is 2.11. The Balaban J connectivity index is 2.08. The van der Waals surface area contributed by atoms with E-state index in [2.05, 4.69) is 65.8 Å². The molecular formula is C14H17IN2O. The Bertz CT molecular complexity index is 511. The van der Waals surface area contributed by atoms with E-state index in [1.54, 1.807) is 6.20 Å². The van der Waals surface area contributed by atoms with Crippen LogP contribution < -0.4 is 5.32 Å². The van der Waals surface area contributed by atoms with E-state index in [9.17, 15) is 0 Å². The van der Waals surface area contributed by atoms with Crippen molar-refractivity contribution in [3.05, 3.63) is 39.9 Å². The number of hydrogen-bond acceptors (Lipinski definition) is 3. The Morgan fingerprint density at radius 2 is 1.89 bits per heavy atom. The van der Waals surface area contributed by atoms with Gasteiger partial charge in [-0.1, -0.05) is 12.1 Å². The Hall–Kier alpha value is -0.880. The smallest absolute Gasteiger partial charge is 0.208 e. The number of oxazole rings is 1. The molecule has 0 saturated heterocycles. The summed E-state index contributed by atoms with van der Waals surface area (Å²) in [6.07, 6.45) is 1.78. The van der Waals surface area contributed by atoms with Gasteiger partial charge in [0.1, 0.15) is 0 Å². The standard InChI is InChI=1S/C14H17IN2O/c1-14(2,3)17-9-13-16-8-12(18-13)10-4-6-11(15)7-5-10/h4-8,17H,9H2,1-3H3. The van der Waals surface area contributed by atoms with Crippen molar-refractivity contribution in [1.29, 1.82) is 0 Å². The molecule has 0 radical (unpaired) electrons. The van der Waals surface area contributed by atoms with Gasteiger partial charge in [-0.3, -0.25) is 0 Å². The number of benzene rings is 1. The molecule has 1 aromatic heterocycles. The third-order valence-corrected chi connectivity index (χ3v) is 3.17. The predicted octanol–water partition coefficient (Wildman–Crippen LogP) is 3.83. The van der Waals surface area contributed by atoms with E-state index in [-0.39, 0.29) is 5.54 Å². The van der Waals surface area contributed by atoms with Crippen LogP contribution in [-0.2, 0) is 6.54 Å². The maximum atomic E-state index is 5.73. The van der Waals surface area contributed by atoms with E-state index in [1.807, 2.05) is 12.1 Å². The molecule has 0 fully saturated rings. The molecule has 0 saturated carbocycles. The Morgan fingerprint density at radius 1 is 1.22 bits per heavy atom. The molecule has 1 N–H and O–H groups in total. The van der Waals surface area contributed by atoms with Crippen molar-refractivity contribution >= 4 is 22.6 Å².